The molecule has 170 valence electrons. The second-order valence-corrected chi connectivity index (χ2v) is 12.2. The summed E-state index contributed by atoms with van der Waals surface area (Å²) in [6, 6.07) is 0. The molecule has 2 N–H and O–H groups in total. The first-order valence-electron chi connectivity index (χ1n) is 12.7. The van der Waals surface area contributed by atoms with Crippen LogP contribution in [0.3, 0.4) is 0 Å². The van der Waals surface area contributed by atoms with Gasteiger partial charge in [0.1, 0.15) is 0 Å². The third kappa shape index (κ3) is 3.43. The van der Waals surface area contributed by atoms with Crippen molar-refractivity contribution in [2.75, 3.05) is 0 Å². The molecular formula is C27H44O3. The van der Waals surface area contributed by atoms with E-state index in [2.05, 4.69) is 34.6 Å². The molecule has 3 saturated carbocycles. The zero-order valence-corrected chi connectivity index (χ0v) is 19.9. The van der Waals surface area contributed by atoms with Crippen molar-refractivity contribution in [3.8, 4) is 0 Å². The van der Waals surface area contributed by atoms with Crippen molar-refractivity contribution in [3.05, 3.63) is 11.6 Å². The van der Waals surface area contributed by atoms with Gasteiger partial charge in [-0.25, -0.2) is 0 Å². The fraction of sp³-hybridized carbons (Fsp3) is 0.889. The summed E-state index contributed by atoms with van der Waals surface area (Å²) < 4.78 is 0. The lowest BCUT2D eigenvalue weighted by atomic mass is 9.45. The summed E-state index contributed by atoms with van der Waals surface area (Å²) in [5, 5.41) is 22.9. The highest BCUT2D eigenvalue weighted by Crippen LogP contribution is 2.67. The van der Waals surface area contributed by atoms with Crippen LogP contribution in [0.2, 0.25) is 0 Å². The topological polar surface area (TPSA) is 57.5 Å². The molecule has 0 spiro atoms. The minimum atomic E-state index is -0.368. The maximum Gasteiger partial charge on any atom is 0.155 e. The molecule has 9 atom stereocenters. The summed E-state index contributed by atoms with van der Waals surface area (Å²) in [6.07, 6.45) is 10.2. The van der Waals surface area contributed by atoms with Crippen molar-refractivity contribution in [3.63, 3.8) is 0 Å². The average molecular weight is 417 g/mol. The second kappa shape index (κ2) is 8.03. The quantitative estimate of drug-likeness (QED) is 0.619. The van der Waals surface area contributed by atoms with Crippen LogP contribution < -0.4 is 0 Å². The first kappa shape index (κ1) is 22.5. The summed E-state index contributed by atoms with van der Waals surface area (Å²) in [5.41, 5.74) is 1.04. The minimum Gasteiger partial charge on any atom is -0.393 e. The molecule has 4 rings (SSSR count). The number of hydrogen-bond donors (Lipinski definition) is 2. The standard InChI is InChI=1S/C27H44O3/c1-16(2)7-6-8-17(3)20-9-10-21-25-22(15-24(30)27(20,21)5)26(4)12-11-19(28)13-18(26)14-23(25)29/h13,16-17,20-25,29-30H,6-12,14-15H2,1-5H3/t17?,20?,21?,22?,23?,24?,25-,26-,27+/m0/s1. The van der Waals surface area contributed by atoms with Gasteiger partial charge in [0.15, 0.2) is 5.78 Å². The van der Waals surface area contributed by atoms with Crippen LogP contribution in [0, 0.1) is 46.3 Å². The van der Waals surface area contributed by atoms with Gasteiger partial charge in [-0.15, -0.1) is 0 Å². The van der Waals surface area contributed by atoms with E-state index in [9.17, 15) is 15.0 Å². The van der Waals surface area contributed by atoms with Crippen molar-refractivity contribution in [2.24, 2.45) is 46.3 Å². The Kier molecular flexibility index (Phi) is 6.03. The Labute approximate surface area is 183 Å². The maximum atomic E-state index is 12.1. The number of carbonyl (C=O) groups excluding carboxylic acids is 1. The Morgan fingerprint density at radius 3 is 2.53 bits per heavy atom. The molecular weight excluding hydrogens is 372 g/mol. The molecule has 6 unspecified atom stereocenters. The number of rotatable bonds is 5. The number of aliphatic hydroxyl groups excluding tert-OH is 2. The van der Waals surface area contributed by atoms with Crippen LogP contribution in [0.25, 0.3) is 0 Å². The van der Waals surface area contributed by atoms with Crippen molar-refractivity contribution in [1.29, 1.82) is 0 Å². The lowest BCUT2D eigenvalue weighted by Crippen LogP contribution is -2.60. The molecule has 0 aromatic rings. The van der Waals surface area contributed by atoms with Crippen molar-refractivity contribution in [2.45, 2.75) is 105 Å². The Bertz CT molecular complexity index is 696. The maximum absolute atomic E-state index is 12.1. The highest BCUT2D eigenvalue weighted by Gasteiger charge is 2.64. The first-order chi connectivity index (χ1) is 14.1. The van der Waals surface area contributed by atoms with Crippen molar-refractivity contribution < 1.29 is 15.0 Å². The van der Waals surface area contributed by atoms with E-state index in [4.69, 9.17) is 0 Å². The molecule has 0 saturated heterocycles. The fourth-order valence-corrected chi connectivity index (χ4v) is 8.51. The van der Waals surface area contributed by atoms with E-state index in [-0.39, 0.29) is 34.7 Å². The molecule has 3 nitrogen and oxygen atoms in total. The third-order valence-corrected chi connectivity index (χ3v) is 10.3. The van der Waals surface area contributed by atoms with E-state index in [1.165, 1.54) is 25.7 Å². The van der Waals surface area contributed by atoms with Gasteiger partial charge in [0.05, 0.1) is 12.2 Å². The van der Waals surface area contributed by atoms with Crippen LogP contribution in [0.5, 0.6) is 0 Å². The van der Waals surface area contributed by atoms with Crippen molar-refractivity contribution >= 4 is 5.78 Å². The molecule has 0 aliphatic heterocycles. The summed E-state index contributed by atoms with van der Waals surface area (Å²) in [5.74, 6) is 3.11. The molecule has 30 heavy (non-hydrogen) atoms. The SMILES string of the molecule is CC(C)CCCC(C)C1CCC2[C@@H]3C(O)CC4=CC(=O)CC[C@]4(C)C3CC(O)[C@]12C. The van der Waals surface area contributed by atoms with Gasteiger partial charge < -0.3 is 10.2 Å². The van der Waals surface area contributed by atoms with E-state index < -0.39 is 0 Å². The summed E-state index contributed by atoms with van der Waals surface area (Å²) >= 11 is 0. The van der Waals surface area contributed by atoms with Crippen LogP contribution in [0.15, 0.2) is 11.6 Å². The van der Waals surface area contributed by atoms with Crippen LogP contribution in [-0.2, 0) is 4.79 Å². The highest BCUT2D eigenvalue weighted by atomic mass is 16.3. The zero-order valence-electron chi connectivity index (χ0n) is 19.9. The molecule has 3 fully saturated rings. The van der Waals surface area contributed by atoms with Crippen LogP contribution in [-0.4, -0.2) is 28.2 Å². The van der Waals surface area contributed by atoms with Gasteiger partial charge in [0.2, 0.25) is 0 Å². The minimum absolute atomic E-state index is 0.0267. The van der Waals surface area contributed by atoms with E-state index >= 15 is 0 Å². The molecule has 0 aromatic carbocycles. The predicted octanol–water partition coefficient (Wildman–Crippen LogP) is 5.54. The smallest absolute Gasteiger partial charge is 0.155 e. The van der Waals surface area contributed by atoms with Gasteiger partial charge in [0.25, 0.3) is 0 Å². The Balaban J connectivity index is 1.59. The van der Waals surface area contributed by atoms with Gasteiger partial charge in [-0.1, -0.05) is 59.5 Å². The molecule has 3 heteroatoms. The largest absolute Gasteiger partial charge is 0.393 e. The van der Waals surface area contributed by atoms with E-state index in [0.29, 0.717) is 36.5 Å². The van der Waals surface area contributed by atoms with Gasteiger partial charge >= 0.3 is 0 Å². The molecule has 4 aliphatic rings. The summed E-state index contributed by atoms with van der Waals surface area (Å²) in [6.45, 7) is 11.7. The van der Waals surface area contributed by atoms with Gasteiger partial charge in [-0.2, -0.15) is 0 Å². The molecule has 0 aromatic heterocycles. The van der Waals surface area contributed by atoms with Gasteiger partial charge in [0, 0.05) is 6.42 Å². The van der Waals surface area contributed by atoms with Gasteiger partial charge in [-0.3, -0.25) is 4.79 Å². The lowest BCUT2D eigenvalue weighted by Gasteiger charge is -2.61. The first-order valence-corrected chi connectivity index (χ1v) is 12.7. The van der Waals surface area contributed by atoms with E-state index in [1.807, 2.05) is 6.08 Å². The molecule has 0 heterocycles. The number of aliphatic hydroxyl groups is 2. The Hall–Kier alpha value is -0.670. The Morgan fingerprint density at radius 2 is 1.83 bits per heavy atom. The highest BCUT2D eigenvalue weighted by molar-refractivity contribution is 5.91. The van der Waals surface area contributed by atoms with Gasteiger partial charge in [-0.05, 0) is 84.5 Å². The Morgan fingerprint density at radius 1 is 1.10 bits per heavy atom. The van der Waals surface area contributed by atoms with Crippen LogP contribution in [0.4, 0.5) is 0 Å². The summed E-state index contributed by atoms with van der Waals surface area (Å²) in [7, 11) is 0. The van der Waals surface area contributed by atoms with Crippen molar-refractivity contribution in [1.82, 2.24) is 0 Å². The summed E-state index contributed by atoms with van der Waals surface area (Å²) in [4.78, 5) is 12.1. The van der Waals surface area contributed by atoms with Crippen LogP contribution >= 0.6 is 0 Å². The average Bonchev–Trinajstić information content (AvgIpc) is 3.02. The molecule has 0 amide bonds. The normalized spacial score (nSPS) is 46.8. The lowest BCUT2D eigenvalue weighted by molar-refractivity contribution is -0.168. The van der Waals surface area contributed by atoms with E-state index in [1.54, 1.807) is 0 Å². The fourth-order valence-electron chi connectivity index (χ4n) is 8.51. The van der Waals surface area contributed by atoms with E-state index in [0.717, 1.165) is 30.8 Å². The number of hydrogen-bond acceptors (Lipinski definition) is 3. The molecule has 4 aliphatic carbocycles. The number of carbonyl (C=O) groups is 1. The zero-order chi connectivity index (χ0) is 21.8. The molecule has 0 radical (unpaired) electrons. The number of fused-ring (bicyclic) bond motifs is 5. The number of ketones is 1. The second-order valence-electron chi connectivity index (χ2n) is 12.2. The monoisotopic (exact) mass is 416 g/mol. The van der Waals surface area contributed by atoms with Crippen LogP contribution in [0.1, 0.15) is 92.4 Å². The molecule has 0 bridgehead atoms. The predicted molar refractivity (Wildman–Crippen MR) is 121 cm³/mol. The third-order valence-electron chi connectivity index (χ3n) is 10.3.